The van der Waals surface area contributed by atoms with Gasteiger partial charge in [-0.2, -0.15) is 0 Å². The quantitative estimate of drug-likeness (QED) is 0.654. The Morgan fingerprint density at radius 1 is 1.24 bits per heavy atom. The number of nitrogens with zero attached hydrogens (tertiary/aromatic N) is 1. The third kappa shape index (κ3) is 3.65. The SMILES string of the molecule is N[C@@H](C(=O)Nc1ccc([N+](=O)[O-])c(Br)c1)c1ccccc1. The van der Waals surface area contributed by atoms with Crippen LogP contribution in [-0.2, 0) is 4.79 Å². The Morgan fingerprint density at radius 3 is 2.48 bits per heavy atom. The molecule has 3 N–H and O–H groups in total. The predicted molar refractivity (Wildman–Crippen MR) is 82.8 cm³/mol. The van der Waals surface area contributed by atoms with Crippen LogP contribution in [0, 0.1) is 10.1 Å². The normalized spacial score (nSPS) is 11.7. The van der Waals surface area contributed by atoms with E-state index < -0.39 is 11.0 Å². The van der Waals surface area contributed by atoms with E-state index in [1.807, 2.05) is 6.07 Å². The van der Waals surface area contributed by atoms with Gasteiger partial charge in [0, 0.05) is 11.8 Å². The van der Waals surface area contributed by atoms with Crippen molar-refractivity contribution in [1.29, 1.82) is 0 Å². The van der Waals surface area contributed by atoms with Crippen LogP contribution in [-0.4, -0.2) is 10.8 Å². The largest absolute Gasteiger partial charge is 0.324 e. The van der Waals surface area contributed by atoms with E-state index in [2.05, 4.69) is 21.2 Å². The van der Waals surface area contributed by atoms with Crippen LogP contribution in [0.5, 0.6) is 0 Å². The highest BCUT2D eigenvalue weighted by molar-refractivity contribution is 9.10. The number of nitro benzene ring substituents is 1. The van der Waals surface area contributed by atoms with Crippen molar-refractivity contribution in [1.82, 2.24) is 0 Å². The first kappa shape index (κ1) is 15.1. The summed E-state index contributed by atoms with van der Waals surface area (Å²) in [6.45, 7) is 0. The van der Waals surface area contributed by atoms with Crippen LogP contribution in [0.1, 0.15) is 11.6 Å². The highest BCUT2D eigenvalue weighted by Crippen LogP contribution is 2.28. The summed E-state index contributed by atoms with van der Waals surface area (Å²) in [6, 6.07) is 12.4. The number of carbonyl (C=O) groups is 1. The van der Waals surface area contributed by atoms with Crippen LogP contribution in [0.15, 0.2) is 53.0 Å². The third-order valence-electron chi connectivity index (χ3n) is 2.85. The standard InChI is InChI=1S/C14H12BrN3O3/c15-11-8-10(6-7-12(11)18(20)21)17-14(19)13(16)9-4-2-1-3-5-9/h1-8,13H,16H2,(H,17,19)/t13-/m1/s1. The van der Waals surface area contributed by atoms with Gasteiger partial charge in [0.05, 0.1) is 9.40 Å². The lowest BCUT2D eigenvalue weighted by Crippen LogP contribution is -2.27. The molecule has 7 heteroatoms. The van der Waals surface area contributed by atoms with Crippen molar-refractivity contribution in [3.63, 3.8) is 0 Å². The fourth-order valence-electron chi connectivity index (χ4n) is 1.76. The average Bonchev–Trinajstić information content (AvgIpc) is 2.47. The van der Waals surface area contributed by atoms with E-state index in [1.165, 1.54) is 18.2 Å². The van der Waals surface area contributed by atoms with Crippen LogP contribution in [0.2, 0.25) is 0 Å². The highest BCUT2D eigenvalue weighted by Gasteiger charge is 2.17. The first-order chi connectivity index (χ1) is 9.99. The minimum Gasteiger partial charge on any atom is -0.324 e. The molecule has 0 heterocycles. The molecule has 0 radical (unpaired) electrons. The molecule has 0 aliphatic carbocycles. The lowest BCUT2D eigenvalue weighted by atomic mass is 10.1. The molecular formula is C14H12BrN3O3. The second-order valence-corrected chi connectivity index (χ2v) is 5.16. The number of nitrogens with two attached hydrogens (primary N) is 1. The van der Waals surface area contributed by atoms with Gasteiger partial charge in [0.15, 0.2) is 0 Å². The number of amides is 1. The van der Waals surface area contributed by atoms with Gasteiger partial charge in [-0.25, -0.2) is 0 Å². The molecule has 2 aromatic carbocycles. The summed E-state index contributed by atoms with van der Waals surface area (Å²) in [5, 5.41) is 13.3. The third-order valence-corrected chi connectivity index (χ3v) is 3.49. The molecule has 0 spiro atoms. The maximum Gasteiger partial charge on any atom is 0.283 e. The van der Waals surface area contributed by atoms with E-state index in [4.69, 9.17) is 5.73 Å². The average molecular weight is 350 g/mol. The number of benzene rings is 2. The number of anilines is 1. The van der Waals surface area contributed by atoms with Crippen LogP contribution >= 0.6 is 15.9 Å². The molecule has 2 aromatic rings. The molecule has 6 nitrogen and oxygen atoms in total. The summed E-state index contributed by atoms with van der Waals surface area (Å²) in [5.41, 5.74) is 6.93. The molecule has 2 rings (SSSR count). The van der Waals surface area contributed by atoms with Gasteiger partial charge < -0.3 is 11.1 Å². The zero-order chi connectivity index (χ0) is 15.4. The smallest absolute Gasteiger partial charge is 0.283 e. The zero-order valence-electron chi connectivity index (χ0n) is 10.8. The van der Waals surface area contributed by atoms with Gasteiger partial charge in [0.25, 0.3) is 5.69 Å². The summed E-state index contributed by atoms with van der Waals surface area (Å²) in [7, 11) is 0. The Hall–Kier alpha value is -2.25. The van der Waals surface area contributed by atoms with E-state index >= 15 is 0 Å². The van der Waals surface area contributed by atoms with Gasteiger partial charge in [0.2, 0.25) is 5.91 Å². The van der Waals surface area contributed by atoms with Gasteiger partial charge >= 0.3 is 0 Å². The molecule has 1 atom stereocenters. The number of hydrogen-bond acceptors (Lipinski definition) is 4. The van der Waals surface area contributed by atoms with Crippen molar-refractivity contribution in [2.75, 3.05) is 5.32 Å². The topological polar surface area (TPSA) is 98.3 Å². The van der Waals surface area contributed by atoms with E-state index in [0.717, 1.165) is 0 Å². The van der Waals surface area contributed by atoms with Crippen molar-refractivity contribution in [3.8, 4) is 0 Å². The Bertz CT molecular complexity index is 676. The van der Waals surface area contributed by atoms with E-state index in [9.17, 15) is 14.9 Å². The number of nitro groups is 1. The molecule has 0 bridgehead atoms. The minimum atomic E-state index is -0.805. The van der Waals surface area contributed by atoms with Crippen molar-refractivity contribution in [2.24, 2.45) is 5.73 Å². The van der Waals surface area contributed by atoms with Gasteiger partial charge in [-0.3, -0.25) is 14.9 Å². The number of nitrogens with one attached hydrogen (secondary N) is 1. The minimum absolute atomic E-state index is 0.0691. The molecular weight excluding hydrogens is 338 g/mol. The summed E-state index contributed by atoms with van der Waals surface area (Å²) >= 11 is 3.10. The Kier molecular flexibility index (Phi) is 4.66. The van der Waals surface area contributed by atoms with Gasteiger partial charge in [-0.15, -0.1) is 0 Å². The monoisotopic (exact) mass is 349 g/mol. The first-order valence-corrected chi connectivity index (χ1v) is 6.83. The molecule has 0 saturated heterocycles. The maximum absolute atomic E-state index is 12.1. The van der Waals surface area contributed by atoms with Gasteiger partial charge in [0.1, 0.15) is 6.04 Å². The molecule has 21 heavy (non-hydrogen) atoms. The summed E-state index contributed by atoms with van der Waals surface area (Å²) in [5.74, 6) is -0.387. The first-order valence-electron chi connectivity index (χ1n) is 6.04. The van der Waals surface area contributed by atoms with Crippen LogP contribution < -0.4 is 11.1 Å². The Balaban J connectivity index is 2.13. The summed E-state index contributed by atoms with van der Waals surface area (Å²) in [6.07, 6.45) is 0. The van der Waals surface area contributed by atoms with Crippen molar-refractivity contribution in [3.05, 3.63) is 68.7 Å². The summed E-state index contributed by atoms with van der Waals surface area (Å²) in [4.78, 5) is 22.3. The van der Waals surface area contributed by atoms with Crippen LogP contribution in [0.4, 0.5) is 11.4 Å². The lowest BCUT2D eigenvalue weighted by molar-refractivity contribution is -0.385. The van der Waals surface area contributed by atoms with Crippen molar-refractivity contribution >= 4 is 33.2 Å². The zero-order valence-corrected chi connectivity index (χ0v) is 12.4. The van der Waals surface area contributed by atoms with E-state index in [-0.39, 0.29) is 11.6 Å². The van der Waals surface area contributed by atoms with Crippen LogP contribution in [0.25, 0.3) is 0 Å². The maximum atomic E-state index is 12.1. The van der Waals surface area contributed by atoms with Crippen molar-refractivity contribution < 1.29 is 9.72 Å². The lowest BCUT2D eigenvalue weighted by Gasteiger charge is -2.12. The molecule has 0 aliphatic heterocycles. The molecule has 0 fully saturated rings. The van der Waals surface area contributed by atoms with Crippen LogP contribution in [0.3, 0.4) is 0 Å². The second kappa shape index (κ2) is 6.47. The molecule has 1 amide bonds. The molecule has 0 aromatic heterocycles. The number of hydrogen-bond donors (Lipinski definition) is 2. The molecule has 0 aliphatic rings. The number of carbonyl (C=O) groups excluding carboxylic acids is 1. The van der Waals surface area contributed by atoms with E-state index in [1.54, 1.807) is 24.3 Å². The predicted octanol–water partition coefficient (Wildman–Crippen LogP) is 3.00. The van der Waals surface area contributed by atoms with Gasteiger partial charge in [-0.05, 0) is 33.6 Å². The number of halogens is 1. The number of rotatable bonds is 4. The Morgan fingerprint density at radius 2 is 1.90 bits per heavy atom. The molecule has 0 unspecified atom stereocenters. The molecule has 108 valence electrons. The van der Waals surface area contributed by atoms with Gasteiger partial charge in [-0.1, -0.05) is 30.3 Å². The fraction of sp³-hybridized carbons (Fsp3) is 0.0714. The molecule has 0 saturated carbocycles. The summed E-state index contributed by atoms with van der Waals surface area (Å²) < 4.78 is 0.290. The Labute approximate surface area is 129 Å². The second-order valence-electron chi connectivity index (χ2n) is 4.30. The fourth-order valence-corrected chi connectivity index (χ4v) is 2.29. The van der Waals surface area contributed by atoms with Crippen molar-refractivity contribution in [2.45, 2.75) is 6.04 Å². The highest BCUT2D eigenvalue weighted by atomic mass is 79.9. The van der Waals surface area contributed by atoms with E-state index in [0.29, 0.717) is 15.7 Å².